The van der Waals surface area contributed by atoms with E-state index in [4.69, 9.17) is 10.5 Å². The summed E-state index contributed by atoms with van der Waals surface area (Å²) in [4.78, 5) is 13.6. The van der Waals surface area contributed by atoms with Crippen molar-refractivity contribution in [2.75, 3.05) is 30.1 Å². The number of ether oxygens (including phenoxy) is 1. The maximum absolute atomic E-state index is 9.49. The third-order valence-corrected chi connectivity index (χ3v) is 4.65. The first-order valence-corrected chi connectivity index (χ1v) is 9.36. The second-order valence-electron chi connectivity index (χ2n) is 6.45. The van der Waals surface area contributed by atoms with Crippen molar-refractivity contribution in [2.24, 2.45) is 0 Å². The zero-order chi connectivity index (χ0) is 20.1. The highest BCUT2D eigenvalue weighted by Gasteiger charge is 2.15. The van der Waals surface area contributed by atoms with Crippen LogP contribution < -0.4 is 21.1 Å². The number of nitrogens with one attached hydrogen (secondary N) is 2. The molecule has 9 nitrogen and oxygen atoms in total. The quantitative estimate of drug-likeness (QED) is 0.414. The van der Waals surface area contributed by atoms with E-state index in [-0.39, 0.29) is 12.6 Å². The number of aliphatic hydroxyl groups excluding tert-OH is 1. The first-order chi connectivity index (χ1) is 13.6. The van der Waals surface area contributed by atoms with Gasteiger partial charge in [0.2, 0.25) is 5.95 Å². The molecule has 0 aliphatic heterocycles. The Morgan fingerprint density at radius 1 is 1.29 bits per heavy atom. The molecule has 0 saturated carbocycles. The van der Waals surface area contributed by atoms with Crippen LogP contribution in [0.4, 0.5) is 17.5 Å². The second-order valence-corrected chi connectivity index (χ2v) is 6.45. The fraction of sp³-hybridized carbons (Fsp3) is 0.421. The van der Waals surface area contributed by atoms with Gasteiger partial charge in [0, 0.05) is 18.8 Å². The lowest BCUT2D eigenvalue weighted by Crippen LogP contribution is -2.24. The summed E-state index contributed by atoms with van der Waals surface area (Å²) in [7, 11) is 1.62. The Balaban J connectivity index is 1.93. The Kier molecular flexibility index (Phi) is 6.15. The lowest BCUT2D eigenvalue weighted by Gasteiger charge is -2.16. The number of aryl methyl sites for hydroxylation is 1. The van der Waals surface area contributed by atoms with E-state index in [0.717, 1.165) is 29.9 Å². The molecule has 0 spiro atoms. The maximum atomic E-state index is 9.49. The predicted molar refractivity (Wildman–Crippen MR) is 111 cm³/mol. The van der Waals surface area contributed by atoms with E-state index in [2.05, 4.69) is 25.6 Å². The van der Waals surface area contributed by atoms with Crippen LogP contribution in [0.3, 0.4) is 0 Å². The van der Waals surface area contributed by atoms with Crippen molar-refractivity contribution in [3.8, 4) is 5.75 Å². The second kappa shape index (κ2) is 8.75. The molecule has 0 radical (unpaired) electrons. The van der Waals surface area contributed by atoms with Crippen molar-refractivity contribution in [2.45, 2.75) is 39.4 Å². The van der Waals surface area contributed by atoms with Gasteiger partial charge in [-0.2, -0.15) is 9.97 Å². The van der Waals surface area contributed by atoms with Crippen molar-refractivity contribution < 1.29 is 9.84 Å². The van der Waals surface area contributed by atoms with Gasteiger partial charge >= 0.3 is 0 Å². The zero-order valence-corrected chi connectivity index (χ0v) is 16.4. The monoisotopic (exact) mass is 385 g/mol. The lowest BCUT2D eigenvalue weighted by molar-refractivity contribution is 0.271. The molecule has 0 bridgehead atoms. The topological polar surface area (TPSA) is 123 Å². The SMILES string of the molecule is CCC(CO)Nc1nc(NCc2cc(OC)ccc2N)c2ncn(CC)c2n1. The van der Waals surface area contributed by atoms with E-state index in [1.807, 2.05) is 36.6 Å². The number of benzene rings is 1. The average molecular weight is 385 g/mol. The highest BCUT2D eigenvalue weighted by Crippen LogP contribution is 2.24. The van der Waals surface area contributed by atoms with Gasteiger partial charge < -0.3 is 30.8 Å². The molecule has 0 fully saturated rings. The van der Waals surface area contributed by atoms with Crippen LogP contribution >= 0.6 is 0 Å². The van der Waals surface area contributed by atoms with Crippen LogP contribution in [0.2, 0.25) is 0 Å². The first-order valence-electron chi connectivity index (χ1n) is 9.36. The molecule has 3 rings (SSSR count). The minimum absolute atomic E-state index is 0.00798. The van der Waals surface area contributed by atoms with E-state index < -0.39 is 0 Å². The van der Waals surface area contributed by atoms with Gasteiger partial charge in [0.15, 0.2) is 17.0 Å². The van der Waals surface area contributed by atoms with E-state index in [1.165, 1.54) is 0 Å². The van der Waals surface area contributed by atoms with Gasteiger partial charge in [-0.1, -0.05) is 6.92 Å². The molecular formula is C19H27N7O2. The number of aromatic nitrogens is 4. The molecule has 0 saturated heterocycles. The standard InChI is InChI=1S/C19H27N7O2/c1-4-13(10-27)23-19-24-17(16-18(25-19)26(5-2)11-22-16)21-9-12-8-14(28-3)6-7-15(12)20/h6-8,11,13,27H,4-5,9-10,20H2,1-3H3,(H2,21,23,24,25). The number of aliphatic hydroxyl groups is 1. The van der Waals surface area contributed by atoms with Crippen molar-refractivity contribution in [1.29, 1.82) is 0 Å². The summed E-state index contributed by atoms with van der Waals surface area (Å²) in [5, 5.41) is 16.0. The smallest absolute Gasteiger partial charge is 0.227 e. The average Bonchev–Trinajstić information content (AvgIpc) is 3.14. The Morgan fingerprint density at radius 2 is 2.11 bits per heavy atom. The van der Waals surface area contributed by atoms with Gasteiger partial charge in [-0.3, -0.25) is 0 Å². The number of hydrogen-bond donors (Lipinski definition) is 4. The summed E-state index contributed by atoms with van der Waals surface area (Å²) in [5.74, 6) is 1.80. The molecule has 9 heteroatoms. The van der Waals surface area contributed by atoms with Gasteiger partial charge in [0.25, 0.3) is 0 Å². The van der Waals surface area contributed by atoms with E-state index in [0.29, 0.717) is 29.5 Å². The Hall–Kier alpha value is -3.07. The fourth-order valence-electron chi connectivity index (χ4n) is 2.86. The molecule has 5 N–H and O–H groups in total. The van der Waals surface area contributed by atoms with Crippen molar-refractivity contribution in [3.63, 3.8) is 0 Å². The van der Waals surface area contributed by atoms with E-state index in [9.17, 15) is 5.11 Å². The predicted octanol–water partition coefficient (Wildman–Crippen LogP) is 2.23. The van der Waals surface area contributed by atoms with E-state index in [1.54, 1.807) is 13.4 Å². The van der Waals surface area contributed by atoms with Crippen LogP contribution in [0.25, 0.3) is 11.2 Å². The van der Waals surface area contributed by atoms with Gasteiger partial charge in [-0.05, 0) is 37.1 Å². The number of nitrogens with zero attached hydrogens (tertiary/aromatic N) is 4. The molecule has 3 aromatic rings. The number of hydrogen-bond acceptors (Lipinski definition) is 8. The van der Waals surface area contributed by atoms with Crippen molar-refractivity contribution >= 4 is 28.6 Å². The first kappa shape index (κ1) is 19.7. The van der Waals surface area contributed by atoms with Crippen LogP contribution in [0.5, 0.6) is 5.75 Å². The van der Waals surface area contributed by atoms with Gasteiger partial charge in [0.05, 0.1) is 26.1 Å². The molecule has 1 unspecified atom stereocenters. The van der Waals surface area contributed by atoms with E-state index >= 15 is 0 Å². The number of fused-ring (bicyclic) bond motifs is 1. The molecule has 1 aromatic carbocycles. The summed E-state index contributed by atoms with van der Waals surface area (Å²) in [6.45, 7) is 5.24. The van der Waals surface area contributed by atoms with Gasteiger partial charge in [-0.25, -0.2) is 4.98 Å². The minimum atomic E-state index is -0.114. The van der Waals surface area contributed by atoms with Crippen LogP contribution in [-0.2, 0) is 13.1 Å². The van der Waals surface area contributed by atoms with Gasteiger partial charge in [-0.15, -0.1) is 0 Å². The van der Waals surface area contributed by atoms with Crippen molar-refractivity contribution in [3.05, 3.63) is 30.1 Å². The number of anilines is 3. The summed E-state index contributed by atoms with van der Waals surface area (Å²) >= 11 is 0. The molecule has 0 aliphatic rings. The Morgan fingerprint density at radius 3 is 2.79 bits per heavy atom. The maximum Gasteiger partial charge on any atom is 0.227 e. The largest absolute Gasteiger partial charge is 0.497 e. The van der Waals surface area contributed by atoms with Crippen LogP contribution in [0.1, 0.15) is 25.8 Å². The highest BCUT2D eigenvalue weighted by atomic mass is 16.5. The summed E-state index contributed by atoms with van der Waals surface area (Å²) in [6.07, 6.45) is 2.51. The Labute approximate surface area is 164 Å². The third kappa shape index (κ3) is 4.09. The fourth-order valence-corrected chi connectivity index (χ4v) is 2.86. The molecule has 1 atom stereocenters. The molecule has 150 valence electrons. The molecule has 2 aromatic heterocycles. The number of nitrogens with two attached hydrogens (primary N) is 1. The molecule has 0 aliphatic carbocycles. The number of nitrogen functional groups attached to an aromatic ring is 1. The molecular weight excluding hydrogens is 358 g/mol. The normalized spacial score (nSPS) is 12.1. The van der Waals surface area contributed by atoms with Crippen LogP contribution in [-0.4, -0.2) is 44.4 Å². The minimum Gasteiger partial charge on any atom is -0.497 e. The lowest BCUT2D eigenvalue weighted by atomic mass is 10.1. The number of methoxy groups -OCH3 is 1. The van der Waals surface area contributed by atoms with Crippen LogP contribution in [0.15, 0.2) is 24.5 Å². The van der Waals surface area contributed by atoms with Crippen molar-refractivity contribution in [1.82, 2.24) is 19.5 Å². The zero-order valence-electron chi connectivity index (χ0n) is 16.4. The Bertz CT molecular complexity index is 937. The highest BCUT2D eigenvalue weighted by molar-refractivity contribution is 5.84. The third-order valence-electron chi connectivity index (χ3n) is 4.65. The van der Waals surface area contributed by atoms with Gasteiger partial charge in [0.1, 0.15) is 5.75 Å². The molecule has 0 amide bonds. The summed E-state index contributed by atoms with van der Waals surface area (Å²) in [5.41, 5.74) is 9.08. The summed E-state index contributed by atoms with van der Waals surface area (Å²) in [6, 6.07) is 5.42. The molecule has 28 heavy (non-hydrogen) atoms. The number of rotatable bonds is 9. The summed E-state index contributed by atoms with van der Waals surface area (Å²) < 4.78 is 7.23. The number of imidazole rings is 1. The molecule has 2 heterocycles. The van der Waals surface area contributed by atoms with Crippen LogP contribution in [0, 0.1) is 0 Å².